The van der Waals surface area contributed by atoms with Crippen molar-refractivity contribution in [3.63, 3.8) is 0 Å². The maximum atomic E-state index is 4.25. The third-order valence-electron chi connectivity index (χ3n) is 1.98. The topological polar surface area (TPSA) is 56.0 Å². The number of tetrazole rings is 1. The zero-order valence-electron chi connectivity index (χ0n) is 6.92. The summed E-state index contributed by atoms with van der Waals surface area (Å²) < 4.78 is 2.65. The molecule has 0 fully saturated rings. The van der Waals surface area contributed by atoms with Gasteiger partial charge < -0.3 is 0 Å². The van der Waals surface area contributed by atoms with Gasteiger partial charge >= 0.3 is 0 Å². The molecule has 0 saturated carbocycles. The molecule has 2 heterocycles. The lowest BCUT2D eigenvalue weighted by atomic mass is 10.3. The van der Waals surface area contributed by atoms with E-state index in [2.05, 4.69) is 36.4 Å². The van der Waals surface area contributed by atoms with Crippen molar-refractivity contribution in [1.82, 2.24) is 25.0 Å². The van der Waals surface area contributed by atoms with Crippen LogP contribution < -0.4 is 0 Å². The Hall–Kier alpha value is -1.56. The highest BCUT2D eigenvalue weighted by Crippen LogP contribution is 2.17. The second-order valence-corrected chi connectivity index (χ2v) is 3.76. The van der Waals surface area contributed by atoms with Crippen molar-refractivity contribution in [2.75, 3.05) is 0 Å². The van der Waals surface area contributed by atoms with Gasteiger partial charge in [-0.1, -0.05) is 15.9 Å². The molecule has 0 aliphatic heterocycles. The van der Waals surface area contributed by atoms with E-state index in [9.17, 15) is 0 Å². The Morgan fingerprint density at radius 1 is 1.29 bits per heavy atom. The van der Waals surface area contributed by atoms with Crippen LogP contribution in [0.5, 0.6) is 0 Å². The number of aromatic nitrogens is 5. The molecule has 0 N–H and O–H groups in total. The van der Waals surface area contributed by atoms with Crippen LogP contribution in [0.3, 0.4) is 0 Å². The van der Waals surface area contributed by atoms with E-state index >= 15 is 0 Å². The van der Waals surface area contributed by atoms with Crippen molar-refractivity contribution < 1.29 is 0 Å². The first kappa shape index (κ1) is 7.81. The summed E-state index contributed by atoms with van der Waals surface area (Å²) in [5.41, 5.74) is 2.41. The molecule has 0 bridgehead atoms. The maximum Gasteiger partial charge on any atom is 0.198 e. The lowest BCUT2D eigenvalue weighted by molar-refractivity contribution is 0.840. The highest BCUT2D eigenvalue weighted by atomic mass is 79.9. The molecule has 6 heteroatoms. The van der Waals surface area contributed by atoms with E-state index in [0.717, 1.165) is 15.5 Å². The molecule has 0 radical (unpaired) electrons. The van der Waals surface area contributed by atoms with Gasteiger partial charge in [-0.3, -0.25) is 4.98 Å². The number of hydrogen-bond acceptors (Lipinski definition) is 4. The maximum absolute atomic E-state index is 4.25. The van der Waals surface area contributed by atoms with Crippen LogP contribution in [0.1, 0.15) is 0 Å². The van der Waals surface area contributed by atoms with Gasteiger partial charge in [0.2, 0.25) is 0 Å². The van der Waals surface area contributed by atoms with Gasteiger partial charge in [0.1, 0.15) is 0 Å². The van der Waals surface area contributed by atoms with E-state index in [1.54, 1.807) is 10.7 Å². The van der Waals surface area contributed by atoms with Gasteiger partial charge in [0.25, 0.3) is 0 Å². The monoisotopic (exact) mass is 249 g/mol. The third kappa shape index (κ3) is 1.00. The van der Waals surface area contributed by atoms with Gasteiger partial charge in [-0.15, -0.1) is 5.10 Å². The zero-order valence-corrected chi connectivity index (χ0v) is 8.51. The molecular weight excluding hydrogens is 246 g/mol. The molecule has 0 atom stereocenters. The minimum absolute atomic E-state index is 0.653. The van der Waals surface area contributed by atoms with Gasteiger partial charge in [-0.05, 0) is 28.6 Å². The van der Waals surface area contributed by atoms with Gasteiger partial charge in [-0.25, -0.2) is 0 Å². The van der Waals surface area contributed by atoms with Crippen molar-refractivity contribution in [2.45, 2.75) is 0 Å². The molecule has 14 heavy (non-hydrogen) atoms. The fraction of sp³-hybridized carbons (Fsp3) is 0. The Balaban J connectivity index is 2.57. The zero-order chi connectivity index (χ0) is 9.54. The van der Waals surface area contributed by atoms with Crippen LogP contribution in [0.15, 0.2) is 28.9 Å². The normalized spacial score (nSPS) is 11.2. The van der Waals surface area contributed by atoms with Gasteiger partial charge in [0, 0.05) is 4.47 Å². The van der Waals surface area contributed by atoms with Crippen molar-refractivity contribution in [2.24, 2.45) is 0 Å². The largest absolute Gasteiger partial charge is 0.251 e. The van der Waals surface area contributed by atoms with Crippen molar-refractivity contribution >= 4 is 32.6 Å². The van der Waals surface area contributed by atoms with Crippen LogP contribution in [0, 0.1) is 0 Å². The SMILES string of the molecule is Brc1ccc2c(c1)ncc1nnnn12. The molecular formula is C8H4BrN5. The molecule has 68 valence electrons. The number of hydrogen-bond donors (Lipinski definition) is 0. The van der Waals surface area contributed by atoms with E-state index in [0.29, 0.717) is 5.65 Å². The van der Waals surface area contributed by atoms with Crippen LogP contribution in [-0.4, -0.2) is 25.0 Å². The average Bonchev–Trinajstić information content (AvgIpc) is 2.65. The molecule has 0 amide bonds. The van der Waals surface area contributed by atoms with Crippen LogP contribution in [0.4, 0.5) is 0 Å². The van der Waals surface area contributed by atoms with Crippen molar-refractivity contribution in [3.8, 4) is 0 Å². The fourth-order valence-electron chi connectivity index (χ4n) is 1.35. The average molecular weight is 250 g/mol. The minimum atomic E-state index is 0.653. The Morgan fingerprint density at radius 2 is 2.21 bits per heavy atom. The molecule has 0 spiro atoms. The van der Waals surface area contributed by atoms with Gasteiger partial charge in [-0.2, -0.15) is 4.52 Å². The first-order valence-corrected chi connectivity index (χ1v) is 4.76. The van der Waals surface area contributed by atoms with Crippen LogP contribution >= 0.6 is 15.9 Å². The Morgan fingerprint density at radius 3 is 3.14 bits per heavy atom. The predicted octanol–water partition coefficient (Wildman–Crippen LogP) is 1.43. The summed E-state index contributed by atoms with van der Waals surface area (Å²) in [4.78, 5) is 4.25. The summed E-state index contributed by atoms with van der Waals surface area (Å²) >= 11 is 3.39. The lowest BCUT2D eigenvalue weighted by Gasteiger charge is -1.98. The smallest absolute Gasteiger partial charge is 0.198 e. The van der Waals surface area contributed by atoms with Gasteiger partial charge in [0.05, 0.1) is 17.2 Å². The highest BCUT2D eigenvalue weighted by Gasteiger charge is 2.03. The van der Waals surface area contributed by atoms with Crippen molar-refractivity contribution in [3.05, 3.63) is 28.9 Å². The summed E-state index contributed by atoms with van der Waals surface area (Å²) in [5, 5.41) is 11.3. The molecule has 0 aliphatic rings. The number of nitrogens with zero attached hydrogens (tertiary/aromatic N) is 5. The third-order valence-corrected chi connectivity index (χ3v) is 2.47. The Labute approximate surface area is 86.9 Å². The predicted molar refractivity (Wildman–Crippen MR) is 53.8 cm³/mol. The standard InChI is InChI=1S/C8H4BrN5/c9-5-1-2-7-6(3-5)10-4-8-11-12-13-14(7)8/h1-4H. The molecule has 3 aromatic rings. The summed E-state index contributed by atoms with van der Waals surface area (Å²) in [6.45, 7) is 0. The molecule has 0 aliphatic carbocycles. The second kappa shape index (κ2) is 2.71. The van der Waals surface area contributed by atoms with Gasteiger partial charge in [0.15, 0.2) is 5.65 Å². The summed E-state index contributed by atoms with van der Waals surface area (Å²) in [7, 11) is 0. The lowest BCUT2D eigenvalue weighted by Crippen LogP contribution is -1.92. The second-order valence-electron chi connectivity index (χ2n) is 2.84. The number of benzene rings is 1. The van der Waals surface area contributed by atoms with E-state index < -0.39 is 0 Å². The molecule has 5 nitrogen and oxygen atoms in total. The quantitative estimate of drug-likeness (QED) is 0.605. The fourth-order valence-corrected chi connectivity index (χ4v) is 1.70. The molecule has 0 unspecified atom stereocenters. The van der Waals surface area contributed by atoms with Crippen LogP contribution in [0.25, 0.3) is 16.7 Å². The minimum Gasteiger partial charge on any atom is -0.251 e. The number of rotatable bonds is 0. The van der Waals surface area contributed by atoms with E-state index in [-0.39, 0.29) is 0 Å². The summed E-state index contributed by atoms with van der Waals surface area (Å²) in [6, 6.07) is 5.79. The Kier molecular flexibility index (Phi) is 1.51. The van der Waals surface area contributed by atoms with Crippen LogP contribution in [0.2, 0.25) is 0 Å². The summed E-state index contributed by atoms with van der Waals surface area (Å²) in [5.74, 6) is 0. The van der Waals surface area contributed by atoms with E-state index in [4.69, 9.17) is 0 Å². The van der Waals surface area contributed by atoms with E-state index in [1.165, 1.54) is 0 Å². The molecule has 1 aromatic carbocycles. The van der Waals surface area contributed by atoms with Crippen LogP contribution in [-0.2, 0) is 0 Å². The number of halogens is 1. The Bertz CT molecular complexity index is 617. The molecule has 3 rings (SSSR count). The van der Waals surface area contributed by atoms with E-state index in [1.807, 2.05) is 18.2 Å². The molecule has 0 saturated heterocycles. The number of fused-ring (bicyclic) bond motifs is 3. The first-order chi connectivity index (χ1) is 6.84. The van der Waals surface area contributed by atoms with Crippen molar-refractivity contribution in [1.29, 1.82) is 0 Å². The highest BCUT2D eigenvalue weighted by molar-refractivity contribution is 9.10. The molecule has 2 aromatic heterocycles. The summed E-state index contributed by atoms with van der Waals surface area (Å²) in [6.07, 6.45) is 1.65. The first-order valence-electron chi connectivity index (χ1n) is 3.97.